The molecule has 0 N–H and O–H groups in total. The molecule has 0 unspecified atom stereocenters. The molecule has 0 spiro atoms. The summed E-state index contributed by atoms with van der Waals surface area (Å²) in [5, 5.41) is 0. The van der Waals surface area contributed by atoms with Gasteiger partial charge < -0.3 is 9.80 Å². The first-order chi connectivity index (χ1) is 23.8. The Labute approximate surface area is 284 Å². The molecule has 0 heterocycles. The summed E-state index contributed by atoms with van der Waals surface area (Å²) in [5.41, 5.74) is 12.1. The average molecular weight is 641 g/mol. The Morgan fingerprint density at radius 2 is 0.612 bits per heavy atom. The van der Waals surface area contributed by atoms with Crippen LogP contribution in [0, 0.1) is 0 Å². The van der Waals surface area contributed by atoms with E-state index in [4.69, 9.17) is 0 Å². The molecule has 6 nitrogen and oxygen atoms in total. The number of hydrogen-bond donors (Lipinski definition) is 0. The van der Waals surface area contributed by atoms with E-state index in [1.807, 2.05) is 48.5 Å². The number of hydrogen-bond acceptors (Lipinski definition) is 6. The Hall–Kier alpha value is -6.40. The van der Waals surface area contributed by atoms with Crippen LogP contribution >= 0.6 is 0 Å². The maximum absolute atomic E-state index is 11.4. The summed E-state index contributed by atoms with van der Waals surface area (Å²) >= 11 is 0. The molecular formula is C43H32N2O4. The lowest BCUT2D eigenvalue weighted by molar-refractivity contribution is 0.111. The highest BCUT2D eigenvalue weighted by molar-refractivity contribution is 5.89. The van der Waals surface area contributed by atoms with Crippen molar-refractivity contribution in [1.29, 1.82) is 0 Å². The molecule has 0 amide bonds. The van der Waals surface area contributed by atoms with Gasteiger partial charge in [-0.05, 0) is 144 Å². The third kappa shape index (κ3) is 5.63. The first-order valence-corrected chi connectivity index (χ1v) is 16.0. The molecule has 1 aliphatic carbocycles. The van der Waals surface area contributed by atoms with Gasteiger partial charge in [-0.25, -0.2) is 0 Å². The molecule has 6 aromatic rings. The Morgan fingerprint density at radius 3 is 0.857 bits per heavy atom. The summed E-state index contributed by atoms with van der Waals surface area (Å²) in [5.74, 6) is 0. The van der Waals surface area contributed by atoms with E-state index in [0.717, 1.165) is 70.4 Å². The van der Waals surface area contributed by atoms with Gasteiger partial charge in [-0.3, -0.25) is 19.2 Å². The minimum atomic E-state index is -0.362. The molecule has 7 rings (SSSR count). The summed E-state index contributed by atoms with van der Waals surface area (Å²) in [6.45, 7) is 4.46. The van der Waals surface area contributed by atoms with E-state index in [0.29, 0.717) is 22.3 Å². The molecule has 6 aromatic carbocycles. The summed E-state index contributed by atoms with van der Waals surface area (Å²) in [6, 6.07) is 42.8. The van der Waals surface area contributed by atoms with Gasteiger partial charge in [0.15, 0.2) is 0 Å². The van der Waals surface area contributed by atoms with Gasteiger partial charge in [0.05, 0.1) is 0 Å². The third-order valence-electron chi connectivity index (χ3n) is 9.31. The first kappa shape index (κ1) is 31.2. The number of carbonyl (C=O) groups excluding carboxylic acids is 4. The lowest BCUT2D eigenvalue weighted by atomic mass is 9.82. The fourth-order valence-corrected chi connectivity index (χ4v) is 6.69. The molecule has 0 aromatic heterocycles. The standard InChI is InChI=1S/C43H32N2O4/c1-43(2)41-23-37(44(33-11-3-29(25-46)4-12-33)34-13-5-30(26-47)6-14-34)19-21-39(41)40-22-20-38(24-42(40)43)45(35-15-7-31(27-48)8-16-35)36-17-9-32(28-49)10-18-36/h3-28H,1-2H3. The third-order valence-corrected chi connectivity index (χ3v) is 9.31. The minimum absolute atomic E-state index is 0.362. The van der Waals surface area contributed by atoms with Crippen LogP contribution in [0.1, 0.15) is 66.4 Å². The topological polar surface area (TPSA) is 74.8 Å². The Bertz CT molecular complexity index is 1940. The molecule has 6 heteroatoms. The van der Waals surface area contributed by atoms with Gasteiger partial charge in [0, 0.05) is 61.8 Å². The predicted octanol–water partition coefficient (Wildman–Crippen LogP) is 10.2. The highest BCUT2D eigenvalue weighted by Crippen LogP contribution is 2.52. The van der Waals surface area contributed by atoms with Crippen molar-refractivity contribution in [3.8, 4) is 11.1 Å². The Kier molecular flexibility index (Phi) is 8.06. The zero-order chi connectivity index (χ0) is 34.1. The van der Waals surface area contributed by atoms with E-state index in [-0.39, 0.29) is 5.41 Å². The van der Waals surface area contributed by atoms with Crippen LogP contribution in [0.5, 0.6) is 0 Å². The van der Waals surface area contributed by atoms with Crippen molar-refractivity contribution in [1.82, 2.24) is 0 Å². The van der Waals surface area contributed by atoms with Crippen LogP contribution in [0.4, 0.5) is 34.1 Å². The van der Waals surface area contributed by atoms with Crippen LogP contribution in [0.15, 0.2) is 133 Å². The van der Waals surface area contributed by atoms with Crippen molar-refractivity contribution in [3.63, 3.8) is 0 Å². The van der Waals surface area contributed by atoms with Crippen molar-refractivity contribution in [2.45, 2.75) is 19.3 Å². The maximum Gasteiger partial charge on any atom is 0.150 e. The number of aldehydes is 4. The highest BCUT2D eigenvalue weighted by atomic mass is 16.1. The van der Waals surface area contributed by atoms with Crippen molar-refractivity contribution in [3.05, 3.63) is 167 Å². The monoisotopic (exact) mass is 640 g/mol. The lowest BCUT2D eigenvalue weighted by Crippen LogP contribution is -2.17. The quantitative estimate of drug-likeness (QED) is 0.139. The van der Waals surface area contributed by atoms with E-state index in [1.54, 1.807) is 48.5 Å². The van der Waals surface area contributed by atoms with Crippen molar-refractivity contribution < 1.29 is 19.2 Å². The van der Waals surface area contributed by atoms with Crippen LogP contribution < -0.4 is 9.80 Å². The van der Waals surface area contributed by atoms with Crippen LogP contribution in [-0.2, 0) is 5.41 Å². The summed E-state index contributed by atoms with van der Waals surface area (Å²) in [7, 11) is 0. The summed E-state index contributed by atoms with van der Waals surface area (Å²) in [4.78, 5) is 49.9. The van der Waals surface area contributed by atoms with E-state index >= 15 is 0 Å². The molecule has 0 atom stereocenters. The largest absolute Gasteiger partial charge is 0.310 e. The number of benzene rings is 6. The van der Waals surface area contributed by atoms with Crippen LogP contribution in [-0.4, -0.2) is 25.1 Å². The minimum Gasteiger partial charge on any atom is -0.310 e. The first-order valence-electron chi connectivity index (χ1n) is 16.0. The fraction of sp³-hybridized carbons (Fsp3) is 0.0698. The second kappa shape index (κ2) is 12.7. The van der Waals surface area contributed by atoms with Crippen molar-refractivity contribution in [2.75, 3.05) is 9.80 Å². The summed E-state index contributed by atoms with van der Waals surface area (Å²) in [6.07, 6.45) is 3.33. The zero-order valence-corrected chi connectivity index (χ0v) is 27.0. The molecule has 0 aliphatic heterocycles. The second-order valence-electron chi connectivity index (χ2n) is 12.6. The molecule has 0 saturated heterocycles. The van der Waals surface area contributed by atoms with Gasteiger partial charge >= 0.3 is 0 Å². The van der Waals surface area contributed by atoms with Crippen LogP contribution in [0.25, 0.3) is 11.1 Å². The van der Waals surface area contributed by atoms with Crippen molar-refractivity contribution in [2.24, 2.45) is 0 Å². The Balaban J connectivity index is 1.33. The number of fused-ring (bicyclic) bond motifs is 3. The number of carbonyl (C=O) groups is 4. The number of rotatable bonds is 10. The van der Waals surface area contributed by atoms with Gasteiger partial charge in [-0.2, -0.15) is 0 Å². The van der Waals surface area contributed by atoms with Gasteiger partial charge in [0.25, 0.3) is 0 Å². The molecular weight excluding hydrogens is 608 g/mol. The molecule has 0 bridgehead atoms. The predicted molar refractivity (Wildman–Crippen MR) is 195 cm³/mol. The SMILES string of the molecule is CC1(C)c2cc(N(c3ccc(C=O)cc3)c3ccc(C=O)cc3)ccc2-c2ccc(N(c3ccc(C=O)cc3)c3ccc(C=O)cc3)cc21. The van der Waals surface area contributed by atoms with Gasteiger partial charge in [0.1, 0.15) is 25.1 Å². The number of anilines is 6. The zero-order valence-electron chi connectivity index (χ0n) is 27.0. The van der Waals surface area contributed by atoms with E-state index in [2.05, 4.69) is 60.0 Å². The number of nitrogens with zero attached hydrogens (tertiary/aromatic N) is 2. The van der Waals surface area contributed by atoms with Crippen molar-refractivity contribution >= 4 is 59.3 Å². The Morgan fingerprint density at radius 1 is 0.367 bits per heavy atom. The second-order valence-corrected chi connectivity index (χ2v) is 12.6. The normalized spacial score (nSPS) is 12.4. The molecule has 0 saturated carbocycles. The van der Waals surface area contributed by atoms with Gasteiger partial charge in [0.2, 0.25) is 0 Å². The molecule has 238 valence electrons. The highest BCUT2D eigenvalue weighted by Gasteiger charge is 2.37. The molecule has 0 fully saturated rings. The summed E-state index contributed by atoms with van der Waals surface area (Å²) < 4.78 is 0. The molecule has 0 radical (unpaired) electrons. The maximum atomic E-state index is 11.4. The van der Waals surface area contributed by atoms with Gasteiger partial charge in [-0.1, -0.05) is 26.0 Å². The smallest absolute Gasteiger partial charge is 0.150 e. The average Bonchev–Trinajstić information content (AvgIpc) is 3.38. The van der Waals surface area contributed by atoms with Crippen LogP contribution in [0.2, 0.25) is 0 Å². The fourth-order valence-electron chi connectivity index (χ4n) is 6.69. The van der Waals surface area contributed by atoms with E-state index in [1.165, 1.54) is 11.1 Å². The van der Waals surface area contributed by atoms with Crippen LogP contribution in [0.3, 0.4) is 0 Å². The van der Waals surface area contributed by atoms with Gasteiger partial charge in [-0.15, -0.1) is 0 Å². The van der Waals surface area contributed by atoms with E-state index < -0.39 is 0 Å². The van der Waals surface area contributed by atoms with E-state index in [9.17, 15) is 19.2 Å². The lowest BCUT2D eigenvalue weighted by Gasteiger charge is -2.29. The molecule has 49 heavy (non-hydrogen) atoms. The molecule has 1 aliphatic rings.